The van der Waals surface area contributed by atoms with Gasteiger partial charge in [-0.2, -0.15) is 0 Å². The lowest BCUT2D eigenvalue weighted by molar-refractivity contribution is -0.125. The molecular formula is C12H18ClN3O. The minimum absolute atomic E-state index is 0. The number of halogens is 1. The second-order valence-electron chi connectivity index (χ2n) is 4.06. The number of pyridine rings is 1. The molecule has 1 aromatic heterocycles. The standard InChI is InChI=1S/C12H17N3O.ClH/c16-12(10-4-7-13-8-5-10)15-9-11-3-1-2-6-14-11;/h1-3,6,10,13H,4-5,7-9H2,(H,15,16);1H. The zero-order chi connectivity index (χ0) is 11.2. The van der Waals surface area contributed by atoms with E-state index < -0.39 is 0 Å². The molecule has 1 fully saturated rings. The molecule has 94 valence electrons. The summed E-state index contributed by atoms with van der Waals surface area (Å²) in [4.78, 5) is 16.0. The SMILES string of the molecule is Cl.O=C(NCc1ccccn1)C1CCNCC1. The summed E-state index contributed by atoms with van der Waals surface area (Å²) in [6.45, 7) is 2.42. The Morgan fingerprint density at radius 2 is 2.18 bits per heavy atom. The first-order valence-electron chi connectivity index (χ1n) is 5.74. The molecule has 1 amide bonds. The first kappa shape index (κ1) is 13.9. The molecule has 2 N–H and O–H groups in total. The van der Waals surface area contributed by atoms with E-state index in [1.54, 1.807) is 6.20 Å². The van der Waals surface area contributed by atoms with Crippen molar-refractivity contribution in [1.82, 2.24) is 15.6 Å². The topological polar surface area (TPSA) is 54.0 Å². The number of hydrogen-bond acceptors (Lipinski definition) is 3. The zero-order valence-corrected chi connectivity index (χ0v) is 10.5. The van der Waals surface area contributed by atoms with Crippen LogP contribution in [0.2, 0.25) is 0 Å². The van der Waals surface area contributed by atoms with E-state index in [-0.39, 0.29) is 24.2 Å². The summed E-state index contributed by atoms with van der Waals surface area (Å²) in [6.07, 6.45) is 3.62. The predicted octanol–water partition coefficient (Wildman–Crippen LogP) is 1.12. The summed E-state index contributed by atoms with van der Waals surface area (Å²) in [5, 5.41) is 6.19. The van der Waals surface area contributed by atoms with Gasteiger partial charge in [0.1, 0.15) is 0 Å². The molecule has 5 heteroatoms. The van der Waals surface area contributed by atoms with E-state index in [1.807, 2.05) is 18.2 Å². The fourth-order valence-corrected chi connectivity index (χ4v) is 1.91. The van der Waals surface area contributed by atoms with Gasteiger partial charge in [0.15, 0.2) is 0 Å². The molecule has 1 aromatic rings. The average Bonchev–Trinajstić information content (AvgIpc) is 2.38. The first-order valence-corrected chi connectivity index (χ1v) is 5.74. The van der Waals surface area contributed by atoms with Crippen LogP contribution in [0.1, 0.15) is 18.5 Å². The highest BCUT2D eigenvalue weighted by molar-refractivity contribution is 5.85. The summed E-state index contributed by atoms with van der Waals surface area (Å²) in [5.41, 5.74) is 0.907. The van der Waals surface area contributed by atoms with Crippen LogP contribution in [0.5, 0.6) is 0 Å². The summed E-state index contributed by atoms with van der Waals surface area (Å²) < 4.78 is 0. The summed E-state index contributed by atoms with van der Waals surface area (Å²) >= 11 is 0. The van der Waals surface area contributed by atoms with Crippen LogP contribution in [0.25, 0.3) is 0 Å². The van der Waals surface area contributed by atoms with Gasteiger partial charge in [0.25, 0.3) is 0 Å². The maximum Gasteiger partial charge on any atom is 0.223 e. The van der Waals surface area contributed by atoms with Crippen molar-refractivity contribution in [3.63, 3.8) is 0 Å². The third-order valence-corrected chi connectivity index (χ3v) is 2.88. The van der Waals surface area contributed by atoms with Gasteiger partial charge in [-0.25, -0.2) is 0 Å². The van der Waals surface area contributed by atoms with E-state index in [1.165, 1.54) is 0 Å². The average molecular weight is 256 g/mol. The Bertz CT molecular complexity index is 339. The van der Waals surface area contributed by atoms with E-state index in [9.17, 15) is 4.79 Å². The van der Waals surface area contributed by atoms with Crippen molar-refractivity contribution in [3.05, 3.63) is 30.1 Å². The number of carbonyl (C=O) groups is 1. The molecule has 0 radical (unpaired) electrons. The lowest BCUT2D eigenvalue weighted by Crippen LogP contribution is -2.37. The van der Waals surface area contributed by atoms with Crippen molar-refractivity contribution < 1.29 is 4.79 Å². The molecule has 1 aliphatic heterocycles. The number of amides is 1. The summed E-state index contributed by atoms with van der Waals surface area (Å²) in [5.74, 6) is 0.331. The molecule has 1 aliphatic rings. The molecule has 4 nitrogen and oxygen atoms in total. The summed E-state index contributed by atoms with van der Waals surface area (Å²) in [6, 6.07) is 5.72. The summed E-state index contributed by atoms with van der Waals surface area (Å²) in [7, 11) is 0. The Morgan fingerprint density at radius 1 is 1.41 bits per heavy atom. The number of carbonyl (C=O) groups excluding carboxylic acids is 1. The van der Waals surface area contributed by atoms with Gasteiger partial charge in [-0.3, -0.25) is 9.78 Å². The number of piperidine rings is 1. The van der Waals surface area contributed by atoms with Crippen LogP contribution >= 0.6 is 12.4 Å². The number of nitrogens with one attached hydrogen (secondary N) is 2. The van der Waals surface area contributed by atoms with Crippen LogP contribution in [0.4, 0.5) is 0 Å². The van der Waals surface area contributed by atoms with Gasteiger partial charge in [0.2, 0.25) is 5.91 Å². The fraction of sp³-hybridized carbons (Fsp3) is 0.500. The Morgan fingerprint density at radius 3 is 2.82 bits per heavy atom. The molecule has 2 heterocycles. The third-order valence-electron chi connectivity index (χ3n) is 2.88. The third kappa shape index (κ3) is 4.32. The van der Waals surface area contributed by atoms with Crippen LogP contribution in [0.3, 0.4) is 0 Å². The molecule has 0 spiro atoms. The Hall–Kier alpha value is -1.13. The molecule has 2 rings (SSSR count). The molecule has 0 aromatic carbocycles. The number of nitrogens with zero attached hydrogens (tertiary/aromatic N) is 1. The van der Waals surface area contributed by atoms with Gasteiger partial charge in [-0.15, -0.1) is 12.4 Å². The van der Waals surface area contributed by atoms with Crippen molar-refractivity contribution in [2.24, 2.45) is 5.92 Å². The van der Waals surface area contributed by atoms with Gasteiger partial charge in [0.05, 0.1) is 12.2 Å². The molecule has 1 saturated heterocycles. The van der Waals surface area contributed by atoms with E-state index >= 15 is 0 Å². The van der Waals surface area contributed by atoms with Gasteiger partial charge >= 0.3 is 0 Å². The van der Waals surface area contributed by atoms with Crippen molar-refractivity contribution >= 4 is 18.3 Å². The molecule has 0 aliphatic carbocycles. The molecule has 0 saturated carbocycles. The first-order chi connectivity index (χ1) is 7.86. The highest BCUT2D eigenvalue weighted by Crippen LogP contribution is 2.11. The van der Waals surface area contributed by atoms with Crippen molar-refractivity contribution in [2.75, 3.05) is 13.1 Å². The predicted molar refractivity (Wildman–Crippen MR) is 68.9 cm³/mol. The van der Waals surface area contributed by atoms with Gasteiger partial charge in [0, 0.05) is 12.1 Å². The lowest BCUT2D eigenvalue weighted by atomic mass is 9.97. The maximum absolute atomic E-state index is 11.8. The largest absolute Gasteiger partial charge is 0.350 e. The monoisotopic (exact) mass is 255 g/mol. The maximum atomic E-state index is 11.8. The number of aromatic nitrogens is 1. The zero-order valence-electron chi connectivity index (χ0n) is 9.69. The number of rotatable bonds is 3. The van der Waals surface area contributed by atoms with Crippen molar-refractivity contribution in [3.8, 4) is 0 Å². The minimum Gasteiger partial charge on any atom is -0.350 e. The van der Waals surface area contributed by atoms with Crippen LogP contribution < -0.4 is 10.6 Å². The molecule has 17 heavy (non-hydrogen) atoms. The quantitative estimate of drug-likeness (QED) is 0.851. The smallest absolute Gasteiger partial charge is 0.223 e. The van der Waals surface area contributed by atoms with Gasteiger partial charge < -0.3 is 10.6 Å². The molecule has 0 unspecified atom stereocenters. The second kappa shape index (κ2) is 7.25. The second-order valence-corrected chi connectivity index (χ2v) is 4.06. The van der Waals surface area contributed by atoms with E-state index in [4.69, 9.17) is 0 Å². The number of hydrogen-bond donors (Lipinski definition) is 2. The van der Waals surface area contributed by atoms with Gasteiger partial charge in [-0.05, 0) is 38.1 Å². The van der Waals surface area contributed by atoms with Crippen molar-refractivity contribution in [1.29, 1.82) is 0 Å². The minimum atomic E-state index is 0. The highest BCUT2D eigenvalue weighted by atomic mass is 35.5. The van der Waals surface area contributed by atoms with Crippen LogP contribution in [-0.4, -0.2) is 24.0 Å². The van der Waals surface area contributed by atoms with Crippen LogP contribution in [0.15, 0.2) is 24.4 Å². The Labute approximate surface area is 108 Å². The Kier molecular flexibility index (Phi) is 5.94. The normalized spacial score (nSPS) is 16.0. The van der Waals surface area contributed by atoms with Gasteiger partial charge in [-0.1, -0.05) is 6.07 Å². The lowest BCUT2D eigenvalue weighted by Gasteiger charge is -2.21. The highest BCUT2D eigenvalue weighted by Gasteiger charge is 2.20. The van der Waals surface area contributed by atoms with Crippen LogP contribution in [-0.2, 0) is 11.3 Å². The van der Waals surface area contributed by atoms with E-state index in [2.05, 4.69) is 15.6 Å². The van der Waals surface area contributed by atoms with Crippen LogP contribution in [0, 0.1) is 5.92 Å². The molecular weight excluding hydrogens is 238 g/mol. The van der Waals surface area contributed by atoms with E-state index in [0.29, 0.717) is 6.54 Å². The molecule has 0 atom stereocenters. The fourth-order valence-electron chi connectivity index (χ4n) is 1.91. The molecule has 0 bridgehead atoms. The Balaban J connectivity index is 0.00000144. The van der Waals surface area contributed by atoms with Crippen molar-refractivity contribution in [2.45, 2.75) is 19.4 Å². The van der Waals surface area contributed by atoms with E-state index in [0.717, 1.165) is 31.6 Å².